The Morgan fingerprint density at radius 1 is 1.35 bits per heavy atom. The Kier molecular flexibility index (Phi) is 7.11. The van der Waals surface area contributed by atoms with E-state index in [1.54, 1.807) is 6.20 Å². The van der Waals surface area contributed by atoms with Gasteiger partial charge in [-0.3, -0.25) is 19.9 Å². The number of sulfone groups is 1. The average Bonchev–Trinajstić information content (AvgIpc) is 2.56. The molecular formula is C15H25N3O4S. The third-order valence-electron chi connectivity index (χ3n) is 4.00. The second kappa shape index (κ2) is 8.37. The normalized spacial score (nSPS) is 17.7. The number of piperidine rings is 1. The maximum absolute atomic E-state index is 12.0. The maximum atomic E-state index is 12.0. The monoisotopic (exact) mass is 343 g/mol. The predicted octanol–water partition coefficient (Wildman–Crippen LogP) is 0.992. The van der Waals surface area contributed by atoms with Crippen LogP contribution in [0.1, 0.15) is 32.4 Å². The number of amides is 1. The van der Waals surface area contributed by atoms with Gasteiger partial charge >= 0.3 is 0 Å². The quantitative estimate of drug-likeness (QED) is 0.625. The van der Waals surface area contributed by atoms with Gasteiger partial charge in [0.2, 0.25) is 0 Å². The first-order valence-corrected chi connectivity index (χ1v) is 9.54. The number of hydroxylamine groups is 1. The molecule has 1 aromatic rings. The molecule has 2 rings (SSSR count). The number of pyridine rings is 1. The van der Waals surface area contributed by atoms with Crippen molar-refractivity contribution in [2.24, 2.45) is 0 Å². The Morgan fingerprint density at radius 3 is 2.39 bits per heavy atom. The van der Waals surface area contributed by atoms with Gasteiger partial charge in [0.25, 0.3) is 5.91 Å². The number of hydrogen-bond acceptors (Lipinski definition) is 6. The standard InChI is InChI=1S/C13H19N3O4S.C2H6/c1-21(19,20)13(12(17)15-18)5-8-16(9-6-13)10-11-4-2-3-7-14-11;1-2/h2-4,7,18H,5-6,8-10H2,1H3,(H,15,17);1-2H3. The van der Waals surface area contributed by atoms with Gasteiger partial charge in [-0.1, -0.05) is 19.9 Å². The molecule has 7 nitrogen and oxygen atoms in total. The highest BCUT2D eigenvalue weighted by atomic mass is 32.2. The molecule has 1 aliphatic heterocycles. The minimum Gasteiger partial charge on any atom is -0.297 e. The van der Waals surface area contributed by atoms with E-state index in [0.29, 0.717) is 19.6 Å². The lowest BCUT2D eigenvalue weighted by molar-refractivity contribution is -0.133. The fourth-order valence-corrected chi connectivity index (χ4v) is 3.97. The van der Waals surface area contributed by atoms with E-state index in [4.69, 9.17) is 5.21 Å². The van der Waals surface area contributed by atoms with Crippen LogP contribution in [0.25, 0.3) is 0 Å². The number of likely N-dealkylation sites (tertiary alicyclic amines) is 1. The van der Waals surface area contributed by atoms with E-state index in [1.807, 2.05) is 32.0 Å². The van der Waals surface area contributed by atoms with E-state index in [-0.39, 0.29) is 12.8 Å². The summed E-state index contributed by atoms with van der Waals surface area (Å²) in [5.41, 5.74) is 2.40. The van der Waals surface area contributed by atoms with Crippen LogP contribution in [0, 0.1) is 0 Å². The second-order valence-electron chi connectivity index (χ2n) is 5.30. The van der Waals surface area contributed by atoms with Gasteiger partial charge in [-0.2, -0.15) is 0 Å². The lowest BCUT2D eigenvalue weighted by Crippen LogP contribution is -2.57. The fourth-order valence-electron chi connectivity index (χ4n) is 2.66. The smallest absolute Gasteiger partial charge is 0.264 e. The highest BCUT2D eigenvalue weighted by Gasteiger charge is 2.49. The summed E-state index contributed by atoms with van der Waals surface area (Å²) in [6.07, 6.45) is 3.06. The molecule has 0 radical (unpaired) electrons. The maximum Gasteiger partial charge on any atom is 0.264 e. The molecule has 1 aliphatic rings. The molecule has 1 aromatic heterocycles. The van der Waals surface area contributed by atoms with Crippen molar-refractivity contribution in [3.63, 3.8) is 0 Å². The summed E-state index contributed by atoms with van der Waals surface area (Å²) in [5, 5.41) is 8.83. The van der Waals surface area contributed by atoms with Crippen molar-refractivity contribution in [3.8, 4) is 0 Å². The summed E-state index contributed by atoms with van der Waals surface area (Å²) >= 11 is 0. The van der Waals surface area contributed by atoms with Crippen molar-refractivity contribution in [1.82, 2.24) is 15.4 Å². The number of aromatic nitrogens is 1. The first kappa shape index (κ1) is 19.5. The number of nitrogens with one attached hydrogen (secondary N) is 1. The molecule has 0 bridgehead atoms. The van der Waals surface area contributed by atoms with E-state index < -0.39 is 20.5 Å². The molecule has 2 heterocycles. The number of hydrogen-bond donors (Lipinski definition) is 2. The first-order chi connectivity index (χ1) is 10.9. The van der Waals surface area contributed by atoms with Crippen LogP contribution in [0.15, 0.2) is 24.4 Å². The number of nitrogens with zero attached hydrogens (tertiary/aromatic N) is 2. The fraction of sp³-hybridized carbons (Fsp3) is 0.600. The number of rotatable bonds is 4. The Bertz CT molecular complexity index is 596. The number of carbonyl (C=O) groups is 1. The van der Waals surface area contributed by atoms with Gasteiger partial charge in [-0.15, -0.1) is 0 Å². The zero-order valence-corrected chi connectivity index (χ0v) is 14.6. The minimum absolute atomic E-state index is 0.158. The van der Waals surface area contributed by atoms with Crippen LogP contribution in [0.2, 0.25) is 0 Å². The van der Waals surface area contributed by atoms with Gasteiger partial charge in [0.1, 0.15) is 0 Å². The lowest BCUT2D eigenvalue weighted by Gasteiger charge is -2.38. The van der Waals surface area contributed by atoms with Crippen LogP contribution in [-0.2, 0) is 21.2 Å². The highest BCUT2D eigenvalue weighted by Crippen LogP contribution is 2.31. The Hall–Kier alpha value is -1.51. The van der Waals surface area contributed by atoms with Crippen molar-refractivity contribution in [2.45, 2.75) is 38.0 Å². The molecule has 130 valence electrons. The summed E-state index contributed by atoms with van der Waals surface area (Å²) in [6.45, 7) is 5.52. The van der Waals surface area contributed by atoms with Crippen molar-refractivity contribution in [1.29, 1.82) is 0 Å². The molecule has 0 unspecified atom stereocenters. The van der Waals surface area contributed by atoms with Crippen LogP contribution in [0.4, 0.5) is 0 Å². The molecular weight excluding hydrogens is 318 g/mol. The molecule has 0 saturated carbocycles. The summed E-state index contributed by atoms with van der Waals surface area (Å²) in [5.74, 6) is -0.845. The van der Waals surface area contributed by atoms with E-state index in [1.165, 1.54) is 5.48 Å². The van der Waals surface area contributed by atoms with Crippen LogP contribution >= 0.6 is 0 Å². The Morgan fingerprint density at radius 2 is 1.96 bits per heavy atom. The molecule has 2 N–H and O–H groups in total. The Balaban J connectivity index is 0.00000127. The molecule has 23 heavy (non-hydrogen) atoms. The summed E-state index contributed by atoms with van der Waals surface area (Å²) in [6, 6.07) is 5.63. The van der Waals surface area contributed by atoms with Crippen LogP contribution in [0.5, 0.6) is 0 Å². The van der Waals surface area contributed by atoms with Gasteiger partial charge in [0.05, 0.1) is 5.69 Å². The van der Waals surface area contributed by atoms with E-state index in [2.05, 4.69) is 9.88 Å². The van der Waals surface area contributed by atoms with Gasteiger partial charge in [-0.25, -0.2) is 13.9 Å². The molecule has 0 spiro atoms. The average molecular weight is 343 g/mol. The van der Waals surface area contributed by atoms with Crippen molar-refractivity contribution in [3.05, 3.63) is 30.1 Å². The van der Waals surface area contributed by atoms with Crippen LogP contribution < -0.4 is 5.48 Å². The summed E-state index contributed by atoms with van der Waals surface area (Å²) in [4.78, 5) is 18.1. The largest absolute Gasteiger partial charge is 0.297 e. The first-order valence-electron chi connectivity index (χ1n) is 7.65. The zero-order chi connectivity index (χ0) is 17.5. The molecule has 1 fully saturated rings. The third kappa shape index (κ3) is 4.49. The predicted molar refractivity (Wildman–Crippen MR) is 87.6 cm³/mol. The zero-order valence-electron chi connectivity index (χ0n) is 13.8. The highest BCUT2D eigenvalue weighted by molar-refractivity contribution is 7.92. The molecule has 1 saturated heterocycles. The lowest BCUT2D eigenvalue weighted by atomic mass is 9.94. The van der Waals surface area contributed by atoms with Gasteiger partial charge in [0, 0.05) is 32.1 Å². The molecule has 0 atom stereocenters. The molecule has 1 amide bonds. The number of carbonyl (C=O) groups excluding carboxylic acids is 1. The van der Waals surface area contributed by atoms with Crippen LogP contribution in [-0.4, -0.2) is 53.5 Å². The van der Waals surface area contributed by atoms with E-state index in [9.17, 15) is 13.2 Å². The van der Waals surface area contributed by atoms with Crippen molar-refractivity contribution < 1.29 is 18.4 Å². The van der Waals surface area contributed by atoms with E-state index in [0.717, 1.165) is 11.9 Å². The van der Waals surface area contributed by atoms with Gasteiger partial charge in [-0.05, 0) is 25.0 Å². The Labute approximate surface area is 137 Å². The topological polar surface area (TPSA) is 99.6 Å². The van der Waals surface area contributed by atoms with Crippen LogP contribution in [0.3, 0.4) is 0 Å². The van der Waals surface area contributed by atoms with Gasteiger partial charge in [0.15, 0.2) is 14.6 Å². The molecule has 0 aromatic carbocycles. The molecule has 0 aliphatic carbocycles. The van der Waals surface area contributed by atoms with Crippen molar-refractivity contribution >= 4 is 15.7 Å². The van der Waals surface area contributed by atoms with E-state index >= 15 is 0 Å². The minimum atomic E-state index is -3.61. The van der Waals surface area contributed by atoms with Gasteiger partial charge < -0.3 is 0 Å². The molecule has 8 heteroatoms. The second-order valence-corrected chi connectivity index (χ2v) is 7.63. The summed E-state index contributed by atoms with van der Waals surface area (Å²) < 4.78 is 22.4. The third-order valence-corrected chi connectivity index (χ3v) is 6.01. The SMILES string of the molecule is CC.CS(=O)(=O)C1(C(=O)NO)CCN(Cc2ccccn2)CC1. The summed E-state index contributed by atoms with van der Waals surface area (Å²) in [7, 11) is -3.61. The van der Waals surface area contributed by atoms with Crippen molar-refractivity contribution in [2.75, 3.05) is 19.3 Å².